The second-order valence-electron chi connectivity index (χ2n) is 5.14. The van der Waals surface area contributed by atoms with E-state index in [0.29, 0.717) is 5.56 Å². The molecule has 1 unspecified atom stereocenters. The summed E-state index contributed by atoms with van der Waals surface area (Å²) in [7, 11) is 0. The van der Waals surface area contributed by atoms with E-state index in [-0.39, 0.29) is 17.4 Å². The lowest BCUT2D eigenvalue weighted by molar-refractivity contribution is 0.127. The Morgan fingerprint density at radius 1 is 1.44 bits per heavy atom. The van der Waals surface area contributed by atoms with Crippen molar-refractivity contribution in [2.24, 2.45) is 0 Å². The maximum absolute atomic E-state index is 13.5. The van der Waals surface area contributed by atoms with E-state index in [0.717, 1.165) is 12.8 Å². The molecule has 2 atom stereocenters. The molecule has 1 heterocycles. The van der Waals surface area contributed by atoms with Gasteiger partial charge in [-0.05, 0) is 32.8 Å². The Balaban J connectivity index is 2.15. The molecule has 0 amide bonds. The zero-order chi connectivity index (χ0) is 11.8. The number of aliphatic hydroxyl groups is 1. The number of hydrogen-bond donors (Lipinski definition) is 2. The quantitative estimate of drug-likeness (QED) is 0.807. The maximum atomic E-state index is 13.5. The summed E-state index contributed by atoms with van der Waals surface area (Å²) in [6.07, 6.45) is 1.12. The lowest BCUT2D eigenvalue weighted by Crippen LogP contribution is -2.40. The lowest BCUT2D eigenvalue weighted by atomic mass is 10.00. The van der Waals surface area contributed by atoms with Crippen LogP contribution in [0.15, 0.2) is 24.3 Å². The standard InChI is InChI=1S/C13H18FNO/c1-13(2)8-7-11(15-13)12(16)9-5-3-4-6-10(9)14/h3-6,11-12,15-16H,7-8H2,1-2H3/t11?,12-/m0/s1. The van der Waals surface area contributed by atoms with Gasteiger partial charge in [-0.1, -0.05) is 18.2 Å². The van der Waals surface area contributed by atoms with Gasteiger partial charge in [-0.3, -0.25) is 0 Å². The van der Waals surface area contributed by atoms with Crippen LogP contribution < -0.4 is 5.32 Å². The number of rotatable bonds is 2. The predicted octanol–water partition coefficient (Wildman–Crippen LogP) is 2.39. The molecular formula is C13H18FNO. The molecule has 16 heavy (non-hydrogen) atoms. The Morgan fingerprint density at radius 2 is 2.12 bits per heavy atom. The highest BCUT2D eigenvalue weighted by molar-refractivity contribution is 5.22. The SMILES string of the molecule is CC1(C)CCC([C@@H](O)c2ccccc2F)N1. The van der Waals surface area contributed by atoms with E-state index < -0.39 is 6.10 Å². The second-order valence-corrected chi connectivity index (χ2v) is 5.14. The third-order valence-corrected chi connectivity index (χ3v) is 3.26. The fourth-order valence-electron chi connectivity index (χ4n) is 2.33. The summed E-state index contributed by atoms with van der Waals surface area (Å²) in [5.41, 5.74) is 0.425. The van der Waals surface area contributed by atoms with Crippen LogP contribution in [0.5, 0.6) is 0 Å². The summed E-state index contributed by atoms with van der Waals surface area (Å²) < 4.78 is 13.5. The number of nitrogens with one attached hydrogen (secondary N) is 1. The van der Waals surface area contributed by atoms with Crippen LogP contribution >= 0.6 is 0 Å². The largest absolute Gasteiger partial charge is 0.387 e. The number of hydrogen-bond acceptors (Lipinski definition) is 2. The van der Waals surface area contributed by atoms with Crippen molar-refractivity contribution in [1.29, 1.82) is 0 Å². The van der Waals surface area contributed by atoms with Gasteiger partial charge < -0.3 is 10.4 Å². The third-order valence-electron chi connectivity index (χ3n) is 3.26. The molecule has 0 aliphatic carbocycles. The fourth-order valence-corrected chi connectivity index (χ4v) is 2.33. The van der Waals surface area contributed by atoms with Crippen molar-refractivity contribution in [3.63, 3.8) is 0 Å². The molecule has 1 aliphatic heterocycles. The van der Waals surface area contributed by atoms with Crippen LogP contribution in [0.2, 0.25) is 0 Å². The Bertz CT molecular complexity index is 378. The highest BCUT2D eigenvalue weighted by atomic mass is 19.1. The van der Waals surface area contributed by atoms with Crippen molar-refractivity contribution in [2.75, 3.05) is 0 Å². The zero-order valence-corrected chi connectivity index (χ0v) is 9.70. The molecule has 88 valence electrons. The van der Waals surface area contributed by atoms with Gasteiger partial charge in [0.05, 0.1) is 6.10 Å². The Labute approximate surface area is 95.5 Å². The first-order chi connectivity index (χ1) is 7.49. The third kappa shape index (κ3) is 2.25. The Kier molecular flexibility index (Phi) is 3.00. The van der Waals surface area contributed by atoms with Gasteiger partial charge in [-0.15, -0.1) is 0 Å². The summed E-state index contributed by atoms with van der Waals surface area (Å²) in [5.74, 6) is -0.332. The van der Waals surface area contributed by atoms with Crippen molar-refractivity contribution in [2.45, 2.75) is 44.4 Å². The van der Waals surface area contributed by atoms with Gasteiger partial charge in [0, 0.05) is 17.1 Å². The molecule has 0 aromatic heterocycles. The van der Waals surface area contributed by atoms with Gasteiger partial charge in [0.15, 0.2) is 0 Å². The fraction of sp³-hybridized carbons (Fsp3) is 0.538. The smallest absolute Gasteiger partial charge is 0.129 e. The Hall–Kier alpha value is -0.930. The van der Waals surface area contributed by atoms with E-state index in [4.69, 9.17) is 0 Å². The van der Waals surface area contributed by atoms with Crippen LogP contribution in [-0.4, -0.2) is 16.7 Å². The molecule has 0 spiro atoms. The molecule has 3 heteroatoms. The molecule has 2 N–H and O–H groups in total. The average molecular weight is 223 g/mol. The van der Waals surface area contributed by atoms with E-state index in [1.807, 2.05) is 0 Å². The van der Waals surface area contributed by atoms with E-state index in [2.05, 4.69) is 19.2 Å². The molecule has 1 saturated heterocycles. The van der Waals surface area contributed by atoms with Gasteiger partial charge >= 0.3 is 0 Å². The van der Waals surface area contributed by atoms with Gasteiger partial charge in [0.25, 0.3) is 0 Å². The summed E-state index contributed by atoms with van der Waals surface area (Å²) in [6, 6.07) is 6.37. The van der Waals surface area contributed by atoms with E-state index in [9.17, 15) is 9.50 Å². The minimum Gasteiger partial charge on any atom is -0.387 e. The van der Waals surface area contributed by atoms with Crippen molar-refractivity contribution in [1.82, 2.24) is 5.32 Å². The first-order valence-corrected chi connectivity index (χ1v) is 5.70. The first kappa shape index (κ1) is 11.6. The molecular weight excluding hydrogens is 205 g/mol. The van der Waals surface area contributed by atoms with Gasteiger partial charge in [0.1, 0.15) is 5.82 Å². The summed E-state index contributed by atoms with van der Waals surface area (Å²) in [6.45, 7) is 4.20. The van der Waals surface area contributed by atoms with Gasteiger partial charge in [-0.25, -0.2) is 4.39 Å². The molecule has 1 aromatic carbocycles. The molecule has 1 aliphatic rings. The van der Waals surface area contributed by atoms with Crippen LogP contribution in [0.3, 0.4) is 0 Å². The summed E-state index contributed by atoms with van der Waals surface area (Å²) >= 11 is 0. The van der Waals surface area contributed by atoms with Crippen LogP contribution in [0.25, 0.3) is 0 Å². The summed E-state index contributed by atoms with van der Waals surface area (Å²) in [5, 5.41) is 13.5. The van der Waals surface area contributed by atoms with Crippen molar-refractivity contribution in [3.8, 4) is 0 Å². The molecule has 2 nitrogen and oxygen atoms in total. The van der Waals surface area contributed by atoms with E-state index >= 15 is 0 Å². The van der Waals surface area contributed by atoms with Crippen molar-refractivity contribution < 1.29 is 9.50 Å². The van der Waals surface area contributed by atoms with Gasteiger partial charge in [0.2, 0.25) is 0 Å². The van der Waals surface area contributed by atoms with Crippen molar-refractivity contribution >= 4 is 0 Å². The minimum absolute atomic E-state index is 0.0386. The normalized spacial score (nSPS) is 25.6. The average Bonchev–Trinajstić information content (AvgIpc) is 2.59. The van der Waals surface area contributed by atoms with Crippen LogP contribution in [0, 0.1) is 5.82 Å². The molecule has 0 saturated carbocycles. The van der Waals surface area contributed by atoms with E-state index in [1.165, 1.54) is 6.07 Å². The van der Waals surface area contributed by atoms with Gasteiger partial charge in [-0.2, -0.15) is 0 Å². The maximum Gasteiger partial charge on any atom is 0.129 e. The number of benzene rings is 1. The second kappa shape index (κ2) is 4.15. The summed E-state index contributed by atoms with van der Waals surface area (Å²) in [4.78, 5) is 0. The molecule has 2 rings (SSSR count). The molecule has 1 aromatic rings. The number of aliphatic hydroxyl groups excluding tert-OH is 1. The van der Waals surface area contributed by atoms with Crippen LogP contribution in [0.1, 0.15) is 38.4 Å². The minimum atomic E-state index is -0.761. The topological polar surface area (TPSA) is 32.3 Å². The monoisotopic (exact) mass is 223 g/mol. The van der Waals surface area contributed by atoms with E-state index in [1.54, 1.807) is 18.2 Å². The lowest BCUT2D eigenvalue weighted by Gasteiger charge is -2.24. The number of halogens is 1. The van der Waals surface area contributed by atoms with Crippen molar-refractivity contribution in [3.05, 3.63) is 35.6 Å². The highest BCUT2D eigenvalue weighted by Gasteiger charge is 2.35. The molecule has 0 radical (unpaired) electrons. The van der Waals surface area contributed by atoms with Crippen LogP contribution in [0.4, 0.5) is 4.39 Å². The Morgan fingerprint density at radius 3 is 2.69 bits per heavy atom. The molecule has 1 fully saturated rings. The highest BCUT2D eigenvalue weighted by Crippen LogP contribution is 2.31. The first-order valence-electron chi connectivity index (χ1n) is 5.70. The molecule has 0 bridgehead atoms. The zero-order valence-electron chi connectivity index (χ0n) is 9.70. The predicted molar refractivity (Wildman–Crippen MR) is 61.6 cm³/mol. The van der Waals surface area contributed by atoms with Crippen LogP contribution in [-0.2, 0) is 0 Å².